The van der Waals surface area contributed by atoms with Crippen LogP contribution in [0, 0.1) is 31.1 Å². The zero-order valence-corrected chi connectivity index (χ0v) is 11.4. The number of benzene rings is 1. The Morgan fingerprint density at radius 3 is 2.72 bits per heavy atom. The van der Waals surface area contributed by atoms with E-state index in [4.69, 9.17) is 0 Å². The predicted octanol–water partition coefficient (Wildman–Crippen LogP) is 4.19. The van der Waals surface area contributed by atoms with Crippen molar-refractivity contribution in [3.8, 4) is 6.07 Å². The zero-order valence-electron chi connectivity index (χ0n) is 11.4. The lowest BCUT2D eigenvalue weighted by atomic mass is 9.95. The van der Waals surface area contributed by atoms with Crippen LogP contribution in [0.25, 0.3) is 0 Å². The molecular weight excluding hydrogens is 220 g/mol. The number of aryl methyl sites for hydroxylation is 1. The fourth-order valence-electron chi connectivity index (χ4n) is 2.74. The lowest BCUT2D eigenvalue weighted by Gasteiger charge is -2.23. The van der Waals surface area contributed by atoms with E-state index in [1.165, 1.54) is 36.1 Å². The van der Waals surface area contributed by atoms with Gasteiger partial charge in [-0.15, -0.1) is 0 Å². The molecule has 2 atom stereocenters. The van der Waals surface area contributed by atoms with Crippen molar-refractivity contribution in [3.63, 3.8) is 0 Å². The lowest BCUT2D eigenvalue weighted by molar-refractivity contribution is 0.514. The molecule has 2 heteroatoms. The van der Waals surface area contributed by atoms with Gasteiger partial charge in [0.05, 0.1) is 12.0 Å². The number of rotatable bonds is 2. The van der Waals surface area contributed by atoms with Crippen molar-refractivity contribution in [1.29, 1.82) is 5.26 Å². The van der Waals surface area contributed by atoms with Crippen LogP contribution < -0.4 is 5.32 Å². The molecule has 0 aliphatic heterocycles. The topological polar surface area (TPSA) is 35.8 Å². The van der Waals surface area contributed by atoms with Gasteiger partial charge in [-0.25, -0.2) is 0 Å². The molecule has 0 heterocycles. The predicted molar refractivity (Wildman–Crippen MR) is 75.5 cm³/mol. The van der Waals surface area contributed by atoms with Crippen molar-refractivity contribution < 1.29 is 0 Å². The number of anilines is 1. The minimum absolute atomic E-state index is 0.160. The molecule has 0 spiro atoms. The zero-order chi connectivity index (χ0) is 13.0. The van der Waals surface area contributed by atoms with Gasteiger partial charge in [0, 0.05) is 11.7 Å². The summed E-state index contributed by atoms with van der Waals surface area (Å²) in [5, 5.41) is 12.9. The molecule has 96 valence electrons. The monoisotopic (exact) mass is 242 g/mol. The van der Waals surface area contributed by atoms with E-state index in [1.807, 2.05) is 0 Å². The summed E-state index contributed by atoms with van der Waals surface area (Å²) < 4.78 is 0. The van der Waals surface area contributed by atoms with Gasteiger partial charge >= 0.3 is 0 Å². The van der Waals surface area contributed by atoms with Crippen LogP contribution in [0.3, 0.4) is 0 Å². The van der Waals surface area contributed by atoms with E-state index in [-0.39, 0.29) is 5.92 Å². The fraction of sp³-hybridized carbons (Fsp3) is 0.562. The van der Waals surface area contributed by atoms with E-state index in [2.05, 4.69) is 43.4 Å². The number of hydrogen-bond acceptors (Lipinski definition) is 2. The molecule has 1 fully saturated rings. The summed E-state index contributed by atoms with van der Waals surface area (Å²) >= 11 is 0. The van der Waals surface area contributed by atoms with Crippen molar-refractivity contribution in [2.75, 3.05) is 5.32 Å². The molecule has 0 bridgehead atoms. The van der Waals surface area contributed by atoms with Gasteiger partial charge in [0.1, 0.15) is 0 Å². The molecular formula is C16H22N2. The van der Waals surface area contributed by atoms with Gasteiger partial charge in [-0.1, -0.05) is 31.4 Å². The Morgan fingerprint density at radius 1 is 1.17 bits per heavy atom. The Labute approximate surface area is 110 Å². The summed E-state index contributed by atoms with van der Waals surface area (Å²) in [5.74, 6) is 0.160. The molecule has 1 aromatic carbocycles. The summed E-state index contributed by atoms with van der Waals surface area (Å²) in [6, 6.07) is 9.15. The molecule has 2 rings (SSSR count). The first-order valence-electron chi connectivity index (χ1n) is 6.94. The quantitative estimate of drug-likeness (QED) is 0.789. The molecule has 1 aromatic rings. The van der Waals surface area contributed by atoms with Gasteiger partial charge in [-0.2, -0.15) is 5.26 Å². The normalized spacial score (nSPS) is 24.1. The summed E-state index contributed by atoms with van der Waals surface area (Å²) in [6.07, 6.45) is 5.86. The molecule has 2 nitrogen and oxygen atoms in total. The second-order valence-corrected chi connectivity index (χ2v) is 5.37. The lowest BCUT2D eigenvalue weighted by Crippen LogP contribution is -2.27. The van der Waals surface area contributed by atoms with Crippen LogP contribution in [-0.2, 0) is 0 Å². The first kappa shape index (κ1) is 13.0. The Kier molecular flexibility index (Phi) is 4.25. The van der Waals surface area contributed by atoms with Gasteiger partial charge < -0.3 is 5.32 Å². The number of nitriles is 1. The molecule has 0 saturated heterocycles. The third-order valence-electron chi connectivity index (χ3n) is 4.13. The highest BCUT2D eigenvalue weighted by Gasteiger charge is 2.23. The molecule has 1 saturated carbocycles. The molecule has 0 aromatic heterocycles. The Balaban J connectivity index is 2.16. The van der Waals surface area contributed by atoms with E-state index < -0.39 is 0 Å². The highest BCUT2D eigenvalue weighted by molar-refractivity contribution is 5.54. The Morgan fingerprint density at radius 2 is 1.94 bits per heavy atom. The van der Waals surface area contributed by atoms with Gasteiger partial charge in [-0.05, 0) is 43.9 Å². The third kappa shape index (κ3) is 2.85. The summed E-state index contributed by atoms with van der Waals surface area (Å²) in [6.45, 7) is 4.28. The van der Waals surface area contributed by atoms with Crippen LogP contribution in [0.5, 0.6) is 0 Å². The maximum atomic E-state index is 9.30. The van der Waals surface area contributed by atoms with E-state index in [0.29, 0.717) is 6.04 Å². The minimum atomic E-state index is 0.160. The molecule has 1 N–H and O–H groups in total. The van der Waals surface area contributed by atoms with Crippen molar-refractivity contribution >= 4 is 5.69 Å². The van der Waals surface area contributed by atoms with Crippen LogP contribution in [0.15, 0.2) is 18.2 Å². The average molecular weight is 242 g/mol. The largest absolute Gasteiger partial charge is 0.381 e. The number of nitrogens with zero attached hydrogens (tertiary/aromatic N) is 1. The highest BCUT2D eigenvalue weighted by atomic mass is 14.9. The molecule has 1 aliphatic rings. The molecule has 0 radical (unpaired) electrons. The first-order chi connectivity index (χ1) is 8.72. The van der Waals surface area contributed by atoms with Gasteiger partial charge in [0.2, 0.25) is 0 Å². The SMILES string of the molecule is Cc1cccc(NC2CCCCCC2C#N)c1C. The van der Waals surface area contributed by atoms with E-state index in [1.54, 1.807) is 0 Å². The minimum Gasteiger partial charge on any atom is -0.381 e. The smallest absolute Gasteiger partial charge is 0.0677 e. The maximum absolute atomic E-state index is 9.30. The summed E-state index contributed by atoms with van der Waals surface area (Å²) in [4.78, 5) is 0. The highest BCUT2D eigenvalue weighted by Crippen LogP contribution is 2.27. The average Bonchev–Trinajstić information content (AvgIpc) is 2.60. The van der Waals surface area contributed by atoms with Crippen molar-refractivity contribution in [2.45, 2.75) is 52.0 Å². The van der Waals surface area contributed by atoms with Crippen LogP contribution in [0.4, 0.5) is 5.69 Å². The Bertz CT molecular complexity index is 445. The first-order valence-corrected chi connectivity index (χ1v) is 6.94. The second-order valence-electron chi connectivity index (χ2n) is 5.37. The number of hydrogen-bond donors (Lipinski definition) is 1. The summed E-state index contributed by atoms with van der Waals surface area (Å²) in [7, 11) is 0. The van der Waals surface area contributed by atoms with Crippen LogP contribution >= 0.6 is 0 Å². The Hall–Kier alpha value is -1.49. The van der Waals surface area contributed by atoms with Gasteiger partial charge in [-0.3, -0.25) is 0 Å². The fourth-order valence-corrected chi connectivity index (χ4v) is 2.74. The van der Waals surface area contributed by atoms with E-state index in [0.717, 1.165) is 12.8 Å². The standard InChI is InChI=1S/C16H22N2/c1-12-7-6-10-15(13(12)2)18-16-9-5-3-4-8-14(16)11-17/h6-7,10,14,16,18H,3-5,8-9H2,1-2H3. The number of nitrogens with one attached hydrogen (secondary N) is 1. The van der Waals surface area contributed by atoms with Crippen LogP contribution in [-0.4, -0.2) is 6.04 Å². The van der Waals surface area contributed by atoms with Crippen molar-refractivity contribution in [3.05, 3.63) is 29.3 Å². The van der Waals surface area contributed by atoms with Crippen LogP contribution in [0.2, 0.25) is 0 Å². The summed E-state index contributed by atoms with van der Waals surface area (Å²) in [5.41, 5.74) is 3.81. The third-order valence-corrected chi connectivity index (χ3v) is 4.13. The molecule has 2 unspecified atom stereocenters. The second kappa shape index (κ2) is 5.91. The van der Waals surface area contributed by atoms with Gasteiger partial charge in [0.25, 0.3) is 0 Å². The van der Waals surface area contributed by atoms with Crippen LogP contribution in [0.1, 0.15) is 43.2 Å². The van der Waals surface area contributed by atoms with Crippen molar-refractivity contribution in [1.82, 2.24) is 0 Å². The van der Waals surface area contributed by atoms with E-state index in [9.17, 15) is 5.26 Å². The molecule has 0 amide bonds. The van der Waals surface area contributed by atoms with Crippen molar-refractivity contribution in [2.24, 2.45) is 5.92 Å². The van der Waals surface area contributed by atoms with E-state index >= 15 is 0 Å². The molecule has 18 heavy (non-hydrogen) atoms. The van der Waals surface area contributed by atoms with Gasteiger partial charge in [0.15, 0.2) is 0 Å². The maximum Gasteiger partial charge on any atom is 0.0677 e. The molecule has 1 aliphatic carbocycles.